The van der Waals surface area contributed by atoms with Gasteiger partial charge in [0.25, 0.3) is 5.56 Å². The fourth-order valence-electron chi connectivity index (χ4n) is 3.81. The molecule has 0 bridgehead atoms. The number of hydrogen-bond acceptors (Lipinski definition) is 5. The number of halogens is 1. The highest BCUT2D eigenvalue weighted by Crippen LogP contribution is 2.30. The molecule has 1 heterocycles. The molecule has 6 nitrogen and oxygen atoms in total. The van der Waals surface area contributed by atoms with E-state index in [1.807, 2.05) is 13.0 Å². The van der Waals surface area contributed by atoms with Crippen LogP contribution < -0.4 is 15.6 Å². The third-order valence-electron chi connectivity index (χ3n) is 5.49. The number of fused-ring (bicyclic) bond motifs is 1. The summed E-state index contributed by atoms with van der Waals surface area (Å²) in [6.45, 7) is 1.83. The molecular weight excluding hydrogens is 434 g/mol. The van der Waals surface area contributed by atoms with E-state index in [1.165, 1.54) is 23.4 Å². The van der Waals surface area contributed by atoms with Crippen LogP contribution in [-0.2, 0) is 4.79 Å². The molecule has 0 saturated heterocycles. The Hall–Kier alpha value is -2.51. The number of methoxy groups -OCH3 is 1. The van der Waals surface area contributed by atoms with Gasteiger partial charge in [0.05, 0.1) is 34.0 Å². The Morgan fingerprint density at radius 1 is 1.26 bits per heavy atom. The second-order valence-electron chi connectivity index (χ2n) is 7.62. The van der Waals surface area contributed by atoms with Gasteiger partial charge in [-0.3, -0.25) is 14.2 Å². The highest BCUT2D eigenvalue weighted by atomic mass is 35.5. The van der Waals surface area contributed by atoms with Crippen LogP contribution in [0.25, 0.3) is 16.6 Å². The largest absolute Gasteiger partial charge is 0.495 e. The smallest absolute Gasteiger partial charge is 0.266 e. The van der Waals surface area contributed by atoms with Crippen molar-refractivity contribution in [3.05, 3.63) is 57.8 Å². The minimum atomic E-state index is -0.409. The lowest BCUT2D eigenvalue weighted by atomic mass is 10.2. The summed E-state index contributed by atoms with van der Waals surface area (Å²) in [7, 11) is 1.54. The van der Waals surface area contributed by atoms with Crippen molar-refractivity contribution in [2.75, 3.05) is 7.11 Å². The second kappa shape index (κ2) is 9.32. The van der Waals surface area contributed by atoms with Crippen LogP contribution in [0.1, 0.15) is 32.6 Å². The van der Waals surface area contributed by atoms with Crippen LogP contribution in [0.5, 0.6) is 5.75 Å². The molecule has 0 spiro atoms. The van der Waals surface area contributed by atoms with Gasteiger partial charge >= 0.3 is 0 Å². The van der Waals surface area contributed by atoms with Crippen molar-refractivity contribution >= 4 is 40.2 Å². The quantitative estimate of drug-likeness (QED) is 0.433. The van der Waals surface area contributed by atoms with E-state index in [2.05, 4.69) is 5.32 Å². The molecule has 0 radical (unpaired) electrons. The van der Waals surface area contributed by atoms with E-state index in [-0.39, 0.29) is 17.5 Å². The molecule has 1 unspecified atom stereocenters. The van der Waals surface area contributed by atoms with Gasteiger partial charge in [0.15, 0.2) is 5.16 Å². The maximum Gasteiger partial charge on any atom is 0.266 e. The molecule has 1 atom stereocenters. The third-order valence-corrected chi connectivity index (χ3v) is 6.84. The highest BCUT2D eigenvalue weighted by Gasteiger charge is 2.24. The Balaban J connectivity index is 1.74. The minimum absolute atomic E-state index is 0.0429. The molecule has 0 aliphatic heterocycles. The summed E-state index contributed by atoms with van der Waals surface area (Å²) in [4.78, 5) is 30.8. The Morgan fingerprint density at radius 2 is 2.00 bits per heavy atom. The van der Waals surface area contributed by atoms with Gasteiger partial charge in [-0.05, 0) is 50.1 Å². The number of carbonyl (C=O) groups excluding carboxylic acids is 1. The first-order chi connectivity index (χ1) is 15.0. The number of ether oxygens (including phenoxy) is 1. The molecule has 8 heteroatoms. The van der Waals surface area contributed by atoms with Crippen molar-refractivity contribution < 1.29 is 9.53 Å². The molecule has 1 amide bonds. The van der Waals surface area contributed by atoms with E-state index >= 15 is 0 Å². The van der Waals surface area contributed by atoms with Crippen LogP contribution in [0.2, 0.25) is 5.02 Å². The van der Waals surface area contributed by atoms with Crippen molar-refractivity contribution in [1.82, 2.24) is 14.9 Å². The molecule has 1 aliphatic rings. The predicted octanol–water partition coefficient (Wildman–Crippen LogP) is 4.59. The Bertz CT molecular complexity index is 1170. The maximum atomic E-state index is 13.4. The summed E-state index contributed by atoms with van der Waals surface area (Å²) in [5, 5.41) is 4.05. The number of nitrogens with zero attached hydrogens (tertiary/aromatic N) is 2. The monoisotopic (exact) mass is 457 g/mol. The van der Waals surface area contributed by atoms with Gasteiger partial charge in [0.1, 0.15) is 5.75 Å². The van der Waals surface area contributed by atoms with Gasteiger partial charge in [-0.1, -0.05) is 48.3 Å². The van der Waals surface area contributed by atoms with Crippen LogP contribution in [0.4, 0.5) is 0 Å². The lowest BCUT2D eigenvalue weighted by Gasteiger charge is -2.19. The average molecular weight is 458 g/mol. The van der Waals surface area contributed by atoms with Gasteiger partial charge < -0.3 is 10.1 Å². The number of hydrogen-bond donors (Lipinski definition) is 1. The summed E-state index contributed by atoms with van der Waals surface area (Å²) < 4.78 is 6.74. The molecule has 2 aromatic carbocycles. The first-order valence-corrected chi connectivity index (χ1v) is 11.6. The van der Waals surface area contributed by atoms with E-state index in [0.717, 1.165) is 25.7 Å². The van der Waals surface area contributed by atoms with E-state index in [9.17, 15) is 9.59 Å². The van der Waals surface area contributed by atoms with Crippen LogP contribution in [0.15, 0.2) is 52.4 Å². The summed E-state index contributed by atoms with van der Waals surface area (Å²) in [5.74, 6) is 0.476. The summed E-state index contributed by atoms with van der Waals surface area (Å²) in [6.07, 6.45) is 4.34. The van der Waals surface area contributed by atoms with Crippen LogP contribution in [0.3, 0.4) is 0 Å². The van der Waals surface area contributed by atoms with Crippen molar-refractivity contribution in [1.29, 1.82) is 0 Å². The predicted molar refractivity (Wildman–Crippen MR) is 125 cm³/mol. The molecule has 1 N–H and O–H groups in total. The Morgan fingerprint density at radius 3 is 2.71 bits per heavy atom. The summed E-state index contributed by atoms with van der Waals surface area (Å²) in [6, 6.07) is 12.6. The molecule has 31 heavy (non-hydrogen) atoms. The zero-order valence-corrected chi connectivity index (χ0v) is 19.0. The van der Waals surface area contributed by atoms with Crippen molar-refractivity contribution in [2.45, 2.75) is 49.1 Å². The first kappa shape index (κ1) is 21.7. The number of para-hydroxylation sites is 1. The Labute approximate surface area is 190 Å². The minimum Gasteiger partial charge on any atom is -0.495 e. The van der Waals surface area contributed by atoms with Gasteiger partial charge in [-0.15, -0.1) is 0 Å². The zero-order valence-electron chi connectivity index (χ0n) is 17.4. The van der Waals surface area contributed by atoms with E-state index in [0.29, 0.717) is 32.5 Å². The molecule has 162 valence electrons. The molecule has 1 aliphatic carbocycles. The van der Waals surface area contributed by atoms with Crippen molar-refractivity contribution in [3.63, 3.8) is 0 Å². The molecular formula is C23H24ClN3O3S. The SMILES string of the molecule is COc1ccc(-n2c(SC(C)C(=O)NC3CCCC3)nc3ccccc3c2=O)cc1Cl. The van der Waals surface area contributed by atoms with Crippen LogP contribution >= 0.6 is 23.4 Å². The highest BCUT2D eigenvalue weighted by molar-refractivity contribution is 8.00. The molecule has 3 aromatic rings. The number of nitrogens with one attached hydrogen (secondary N) is 1. The number of rotatable bonds is 6. The number of aromatic nitrogens is 2. The molecule has 1 fully saturated rings. The fraction of sp³-hybridized carbons (Fsp3) is 0.348. The number of amides is 1. The number of thioether (sulfide) groups is 1. The molecule has 4 rings (SSSR count). The van der Waals surface area contributed by atoms with E-state index in [1.54, 1.807) is 36.4 Å². The normalized spacial score (nSPS) is 15.2. The fourth-order valence-corrected chi connectivity index (χ4v) is 5.00. The zero-order chi connectivity index (χ0) is 22.0. The second-order valence-corrected chi connectivity index (χ2v) is 9.34. The van der Waals surface area contributed by atoms with Gasteiger partial charge in [0, 0.05) is 6.04 Å². The summed E-state index contributed by atoms with van der Waals surface area (Å²) in [5.41, 5.74) is 0.951. The summed E-state index contributed by atoms with van der Waals surface area (Å²) >= 11 is 7.59. The lowest BCUT2D eigenvalue weighted by molar-refractivity contribution is -0.120. The van der Waals surface area contributed by atoms with Gasteiger partial charge in [0.2, 0.25) is 5.91 Å². The average Bonchev–Trinajstić information content (AvgIpc) is 3.27. The van der Waals surface area contributed by atoms with Crippen molar-refractivity contribution in [2.24, 2.45) is 0 Å². The maximum absolute atomic E-state index is 13.4. The third kappa shape index (κ3) is 4.57. The standard InChI is InChI=1S/C23H24ClN3O3S/c1-14(21(28)25-15-7-3-4-8-15)31-23-26-19-10-6-5-9-17(19)22(29)27(23)16-11-12-20(30-2)18(24)13-16/h5-6,9-15H,3-4,7-8H2,1-2H3,(H,25,28). The van der Waals surface area contributed by atoms with E-state index in [4.69, 9.17) is 21.3 Å². The van der Waals surface area contributed by atoms with Gasteiger partial charge in [-0.25, -0.2) is 4.98 Å². The number of carbonyl (C=O) groups is 1. The number of benzene rings is 2. The lowest BCUT2D eigenvalue weighted by Crippen LogP contribution is -2.38. The van der Waals surface area contributed by atoms with E-state index < -0.39 is 5.25 Å². The topological polar surface area (TPSA) is 73.2 Å². The molecule has 1 aromatic heterocycles. The first-order valence-electron chi connectivity index (χ1n) is 10.3. The van der Waals surface area contributed by atoms with Crippen LogP contribution in [-0.4, -0.2) is 33.9 Å². The van der Waals surface area contributed by atoms with Crippen LogP contribution in [0, 0.1) is 0 Å². The Kier molecular flexibility index (Phi) is 6.53. The van der Waals surface area contributed by atoms with Crippen molar-refractivity contribution in [3.8, 4) is 11.4 Å². The van der Waals surface area contributed by atoms with Gasteiger partial charge in [-0.2, -0.15) is 0 Å². The molecule has 1 saturated carbocycles.